The number of ether oxygens (including phenoxy) is 1. The molecule has 0 bridgehead atoms. The normalized spacial score (nSPS) is 14.8. The molecule has 1 aliphatic rings. The van der Waals surface area contributed by atoms with Crippen LogP contribution in [0.25, 0.3) is 0 Å². The van der Waals surface area contributed by atoms with Crippen LogP contribution in [0, 0.1) is 6.92 Å². The molecule has 0 saturated heterocycles. The molecule has 0 amide bonds. The van der Waals surface area contributed by atoms with E-state index in [0.29, 0.717) is 6.42 Å². The number of aliphatic hydroxyl groups is 1. The van der Waals surface area contributed by atoms with Gasteiger partial charge in [0.2, 0.25) is 0 Å². The molecule has 3 nitrogen and oxygen atoms in total. The Morgan fingerprint density at radius 3 is 3.00 bits per heavy atom. The zero-order valence-corrected chi connectivity index (χ0v) is 11.0. The van der Waals surface area contributed by atoms with Gasteiger partial charge < -0.3 is 9.84 Å². The van der Waals surface area contributed by atoms with Crippen molar-refractivity contribution in [2.24, 2.45) is 0 Å². The number of pyridine rings is 1. The van der Waals surface area contributed by atoms with Crippen LogP contribution < -0.4 is 4.74 Å². The average Bonchev–Trinajstić information content (AvgIpc) is 2.88. The van der Waals surface area contributed by atoms with Crippen molar-refractivity contribution in [3.8, 4) is 5.75 Å². The zero-order chi connectivity index (χ0) is 13.2. The molecule has 2 aromatic rings. The van der Waals surface area contributed by atoms with Crippen molar-refractivity contribution >= 4 is 0 Å². The van der Waals surface area contributed by atoms with E-state index in [0.717, 1.165) is 35.6 Å². The second kappa shape index (κ2) is 5.02. The van der Waals surface area contributed by atoms with Crippen molar-refractivity contribution < 1.29 is 9.84 Å². The summed E-state index contributed by atoms with van der Waals surface area (Å²) >= 11 is 0. The van der Waals surface area contributed by atoms with Gasteiger partial charge in [0.1, 0.15) is 5.75 Å². The van der Waals surface area contributed by atoms with E-state index in [1.54, 1.807) is 0 Å². The molecular formula is C16H17NO2. The predicted octanol–water partition coefficient (Wildman–Crippen LogP) is 2.60. The molecule has 0 spiro atoms. The summed E-state index contributed by atoms with van der Waals surface area (Å²) in [5.41, 5.74) is 4.17. The van der Waals surface area contributed by atoms with E-state index in [1.807, 2.05) is 43.5 Å². The Hall–Kier alpha value is -1.87. The van der Waals surface area contributed by atoms with Crippen LogP contribution >= 0.6 is 0 Å². The monoisotopic (exact) mass is 255 g/mol. The van der Waals surface area contributed by atoms with Crippen molar-refractivity contribution in [1.29, 1.82) is 0 Å². The molecule has 3 heteroatoms. The summed E-state index contributed by atoms with van der Waals surface area (Å²) in [7, 11) is 0. The van der Waals surface area contributed by atoms with Crippen LogP contribution in [0.15, 0.2) is 36.5 Å². The summed E-state index contributed by atoms with van der Waals surface area (Å²) in [6, 6.07) is 9.91. The Balaban J connectivity index is 1.76. The number of aliphatic hydroxyl groups excluding tert-OH is 1. The van der Waals surface area contributed by atoms with Gasteiger partial charge in [-0.1, -0.05) is 12.1 Å². The molecule has 1 atom stereocenters. The maximum atomic E-state index is 10.3. The first-order chi connectivity index (χ1) is 9.22. The Bertz CT molecular complexity index is 578. The molecule has 1 aromatic carbocycles. The molecule has 0 aliphatic carbocycles. The fourth-order valence-corrected chi connectivity index (χ4v) is 2.35. The van der Waals surface area contributed by atoms with Crippen molar-refractivity contribution in [3.05, 3.63) is 58.9 Å². The van der Waals surface area contributed by atoms with Crippen molar-refractivity contribution in [2.45, 2.75) is 25.9 Å². The highest BCUT2D eigenvalue weighted by atomic mass is 16.5. The Kier molecular flexibility index (Phi) is 3.22. The highest BCUT2D eigenvalue weighted by Gasteiger charge is 2.16. The maximum absolute atomic E-state index is 10.3. The third-order valence-electron chi connectivity index (χ3n) is 3.47. The smallest absolute Gasteiger partial charge is 0.122 e. The summed E-state index contributed by atoms with van der Waals surface area (Å²) in [4.78, 5) is 4.33. The first-order valence-corrected chi connectivity index (χ1v) is 6.57. The summed E-state index contributed by atoms with van der Waals surface area (Å²) in [6.45, 7) is 2.75. The fourth-order valence-electron chi connectivity index (χ4n) is 2.35. The minimum Gasteiger partial charge on any atom is -0.493 e. The van der Waals surface area contributed by atoms with Gasteiger partial charge in [-0.05, 0) is 41.8 Å². The second-order valence-corrected chi connectivity index (χ2v) is 5.01. The minimum absolute atomic E-state index is 0.513. The fraction of sp³-hybridized carbons (Fsp3) is 0.312. The number of aryl methyl sites for hydroxylation is 1. The molecule has 1 unspecified atom stereocenters. The molecule has 1 aromatic heterocycles. The van der Waals surface area contributed by atoms with Crippen LogP contribution in [0.3, 0.4) is 0 Å². The predicted molar refractivity (Wildman–Crippen MR) is 73.3 cm³/mol. The minimum atomic E-state index is -0.513. The molecule has 2 heterocycles. The largest absolute Gasteiger partial charge is 0.493 e. The number of fused-ring (bicyclic) bond motifs is 1. The van der Waals surface area contributed by atoms with Crippen LogP contribution in [-0.4, -0.2) is 16.7 Å². The zero-order valence-electron chi connectivity index (χ0n) is 11.0. The molecule has 0 radical (unpaired) electrons. The van der Waals surface area contributed by atoms with Crippen LogP contribution in [-0.2, 0) is 12.8 Å². The standard InChI is InChI=1S/C16H17NO2/c1-11-2-4-14(17-10-11)9-15(18)12-3-5-16-13(8-12)6-7-19-16/h2-5,8,10,15,18H,6-7,9H2,1H3. The lowest BCUT2D eigenvalue weighted by atomic mass is 10.0. The Morgan fingerprint density at radius 1 is 1.32 bits per heavy atom. The summed E-state index contributed by atoms with van der Waals surface area (Å²) in [5, 5.41) is 10.3. The lowest BCUT2D eigenvalue weighted by molar-refractivity contribution is 0.177. The first kappa shape index (κ1) is 12.2. The SMILES string of the molecule is Cc1ccc(CC(O)c2ccc3c(c2)CCO3)nc1. The van der Waals surface area contributed by atoms with E-state index in [9.17, 15) is 5.11 Å². The van der Waals surface area contributed by atoms with Gasteiger partial charge in [-0.3, -0.25) is 4.98 Å². The van der Waals surface area contributed by atoms with Crippen molar-refractivity contribution in [3.63, 3.8) is 0 Å². The number of hydrogen-bond donors (Lipinski definition) is 1. The molecule has 1 N–H and O–H groups in total. The van der Waals surface area contributed by atoms with E-state index in [4.69, 9.17) is 4.74 Å². The van der Waals surface area contributed by atoms with Gasteiger partial charge in [0.15, 0.2) is 0 Å². The maximum Gasteiger partial charge on any atom is 0.122 e. The lowest BCUT2D eigenvalue weighted by Gasteiger charge is -2.12. The van der Waals surface area contributed by atoms with E-state index in [2.05, 4.69) is 4.98 Å². The van der Waals surface area contributed by atoms with Crippen LogP contribution in [0.2, 0.25) is 0 Å². The number of nitrogens with zero attached hydrogens (tertiary/aromatic N) is 1. The summed E-state index contributed by atoms with van der Waals surface area (Å²) in [6.07, 6.45) is 2.79. The molecule has 3 rings (SSSR count). The third kappa shape index (κ3) is 2.61. The van der Waals surface area contributed by atoms with Crippen LogP contribution in [0.1, 0.15) is 28.5 Å². The number of hydrogen-bond acceptors (Lipinski definition) is 3. The van der Waals surface area contributed by atoms with Gasteiger partial charge in [-0.15, -0.1) is 0 Å². The molecular weight excluding hydrogens is 238 g/mol. The van der Waals surface area contributed by atoms with Gasteiger partial charge >= 0.3 is 0 Å². The third-order valence-corrected chi connectivity index (χ3v) is 3.47. The quantitative estimate of drug-likeness (QED) is 0.916. The Morgan fingerprint density at radius 2 is 2.21 bits per heavy atom. The Labute approximate surface area is 112 Å². The van der Waals surface area contributed by atoms with Gasteiger partial charge in [-0.2, -0.15) is 0 Å². The molecule has 0 saturated carbocycles. The number of benzene rings is 1. The molecule has 19 heavy (non-hydrogen) atoms. The van der Waals surface area contributed by atoms with Crippen LogP contribution in [0.5, 0.6) is 5.75 Å². The lowest BCUT2D eigenvalue weighted by Crippen LogP contribution is -2.03. The molecule has 0 fully saturated rings. The molecule has 98 valence electrons. The van der Waals surface area contributed by atoms with Gasteiger partial charge in [0, 0.05) is 24.7 Å². The van der Waals surface area contributed by atoms with E-state index >= 15 is 0 Å². The van der Waals surface area contributed by atoms with E-state index in [-0.39, 0.29) is 0 Å². The van der Waals surface area contributed by atoms with Crippen LogP contribution in [0.4, 0.5) is 0 Å². The van der Waals surface area contributed by atoms with Gasteiger partial charge in [0.05, 0.1) is 12.7 Å². The van der Waals surface area contributed by atoms with Crippen molar-refractivity contribution in [2.75, 3.05) is 6.61 Å². The second-order valence-electron chi connectivity index (χ2n) is 5.01. The average molecular weight is 255 g/mol. The highest BCUT2D eigenvalue weighted by Crippen LogP contribution is 2.29. The van der Waals surface area contributed by atoms with E-state index < -0.39 is 6.10 Å². The number of aromatic nitrogens is 1. The van der Waals surface area contributed by atoms with E-state index in [1.165, 1.54) is 5.56 Å². The summed E-state index contributed by atoms with van der Waals surface area (Å²) in [5.74, 6) is 0.949. The number of rotatable bonds is 3. The van der Waals surface area contributed by atoms with Gasteiger partial charge in [0.25, 0.3) is 0 Å². The summed E-state index contributed by atoms with van der Waals surface area (Å²) < 4.78 is 5.47. The van der Waals surface area contributed by atoms with Crippen molar-refractivity contribution in [1.82, 2.24) is 4.98 Å². The topological polar surface area (TPSA) is 42.4 Å². The van der Waals surface area contributed by atoms with Gasteiger partial charge in [-0.25, -0.2) is 0 Å². The highest BCUT2D eigenvalue weighted by molar-refractivity contribution is 5.40. The first-order valence-electron chi connectivity index (χ1n) is 6.57. The molecule has 1 aliphatic heterocycles.